The summed E-state index contributed by atoms with van der Waals surface area (Å²) in [5, 5.41) is 0. The third kappa shape index (κ3) is 2.90. The van der Waals surface area contributed by atoms with Crippen LogP contribution in [0.2, 0.25) is 0 Å². The third-order valence-electron chi connectivity index (χ3n) is 3.46. The van der Waals surface area contributed by atoms with E-state index in [1.54, 1.807) is 24.4 Å². The normalized spacial score (nSPS) is 13.9. The van der Waals surface area contributed by atoms with Crippen LogP contribution < -0.4 is 21.5 Å². The van der Waals surface area contributed by atoms with Gasteiger partial charge in [0.25, 0.3) is 5.91 Å². The van der Waals surface area contributed by atoms with Crippen LogP contribution in [0, 0.1) is 0 Å². The molecule has 0 aromatic carbocycles. The number of hydrogen-bond acceptors (Lipinski definition) is 7. The minimum Gasteiger partial charge on any atom is -0.393 e. The van der Waals surface area contributed by atoms with Gasteiger partial charge in [-0.25, -0.2) is 9.97 Å². The molecule has 1 saturated heterocycles. The summed E-state index contributed by atoms with van der Waals surface area (Å²) >= 11 is 0. The molecule has 0 spiro atoms. The SMILES string of the molecule is Nc1c(NNC(=O)c2ccccn2)ncnc1N1CCCC1. The summed E-state index contributed by atoms with van der Waals surface area (Å²) in [4.78, 5) is 26.3. The Morgan fingerprint density at radius 3 is 2.73 bits per heavy atom. The molecule has 114 valence electrons. The van der Waals surface area contributed by atoms with Gasteiger partial charge in [0.1, 0.15) is 17.7 Å². The number of nitrogens with one attached hydrogen (secondary N) is 2. The molecule has 0 unspecified atom stereocenters. The van der Waals surface area contributed by atoms with Crippen molar-refractivity contribution in [3.63, 3.8) is 0 Å². The average molecular weight is 299 g/mol. The fourth-order valence-corrected chi connectivity index (χ4v) is 2.34. The van der Waals surface area contributed by atoms with Crippen molar-refractivity contribution in [3.8, 4) is 0 Å². The van der Waals surface area contributed by atoms with Gasteiger partial charge in [-0.2, -0.15) is 0 Å². The second-order valence-electron chi connectivity index (χ2n) is 4.95. The number of anilines is 3. The summed E-state index contributed by atoms with van der Waals surface area (Å²) in [6.45, 7) is 1.86. The van der Waals surface area contributed by atoms with E-state index < -0.39 is 0 Å². The molecule has 0 saturated carbocycles. The van der Waals surface area contributed by atoms with E-state index in [0.29, 0.717) is 23.0 Å². The topological polar surface area (TPSA) is 109 Å². The van der Waals surface area contributed by atoms with E-state index in [-0.39, 0.29) is 5.91 Å². The predicted molar refractivity (Wildman–Crippen MR) is 83.2 cm³/mol. The van der Waals surface area contributed by atoms with E-state index in [9.17, 15) is 4.79 Å². The van der Waals surface area contributed by atoms with E-state index in [4.69, 9.17) is 5.73 Å². The van der Waals surface area contributed by atoms with Crippen molar-refractivity contribution in [2.45, 2.75) is 12.8 Å². The number of nitrogens with two attached hydrogens (primary N) is 1. The second-order valence-corrected chi connectivity index (χ2v) is 4.95. The molecule has 1 aliphatic rings. The van der Waals surface area contributed by atoms with Gasteiger partial charge in [0, 0.05) is 19.3 Å². The second kappa shape index (κ2) is 6.25. The van der Waals surface area contributed by atoms with Crippen molar-refractivity contribution in [2.24, 2.45) is 0 Å². The smallest absolute Gasteiger partial charge is 0.288 e. The number of hydrazine groups is 1. The zero-order chi connectivity index (χ0) is 15.4. The lowest BCUT2D eigenvalue weighted by atomic mass is 10.3. The van der Waals surface area contributed by atoms with Crippen LogP contribution in [0.1, 0.15) is 23.3 Å². The summed E-state index contributed by atoms with van der Waals surface area (Å²) < 4.78 is 0. The monoisotopic (exact) mass is 299 g/mol. The number of amides is 1. The molecular formula is C14H17N7O. The zero-order valence-corrected chi connectivity index (χ0v) is 12.0. The molecular weight excluding hydrogens is 282 g/mol. The summed E-state index contributed by atoms with van der Waals surface area (Å²) in [6.07, 6.45) is 5.24. The van der Waals surface area contributed by atoms with E-state index >= 15 is 0 Å². The van der Waals surface area contributed by atoms with Crippen LogP contribution in [-0.2, 0) is 0 Å². The minimum atomic E-state index is -0.360. The summed E-state index contributed by atoms with van der Waals surface area (Å²) in [7, 11) is 0. The maximum atomic E-state index is 11.9. The highest BCUT2D eigenvalue weighted by molar-refractivity contribution is 5.93. The summed E-state index contributed by atoms with van der Waals surface area (Å²) in [6, 6.07) is 5.11. The molecule has 8 nitrogen and oxygen atoms in total. The maximum Gasteiger partial charge on any atom is 0.288 e. The number of nitrogens with zero attached hydrogens (tertiary/aromatic N) is 4. The molecule has 0 atom stereocenters. The van der Waals surface area contributed by atoms with E-state index in [0.717, 1.165) is 25.9 Å². The molecule has 1 aliphatic heterocycles. The standard InChI is InChI=1S/C14H17N7O/c15-11-12(17-9-18-13(11)21-7-3-4-8-21)19-20-14(22)10-5-1-2-6-16-10/h1-2,5-6,9H,3-4,7-8,15H2,(H,20,22)(H,17,18,19). The highest BCUT2D eigenvalue weighted by Crippen LogP contribution is 2.28. The van der Waals surface area contributed by atoms with Crippen molar-refractivity contribution >= 4 is 23.2 Å². The van der Waals surface area contributed by atoms with Gasteiger partial charge in [-0.15, -0.1) is 0 Å². The molecule has 1 amide bonds. The van der Waals surface area contributed by atoms with Crippen molar-refractivity contribution in [2.75, 3.05) is 29.1 Å². The lowest BCUT2D eigenvalue weighted by molar-refractivity contribution is 0.0957. The number of nitrogen functional groups attached to an aromatic ring is 1. The first-order valence-corrected chi connectivity index (χ1v) is 7.08. The number of carbonyl (C=O) groups is 1. The first-order chi connectivity index (χ1) is 10.8. The number of hydrogen-bond donors (Lipinski definition) is 3. The van der Waals surface area contributed by atoms with Crippen LogP contribution in [0.4, 0.5) is 17.3 Å². The Bertz CT molecular complexity index is 655. The highest BCUT2D eigenvalue weighted by Gasteiger charge is 2.18. The predicted octanol–water partition coefficient (Wildman–Crippen LogP) is 0.811. The number of carbonyl (C=O) groups excluding carboxylic acids is 1. The van der Waals surface area contributed by atoms with Crippen molar-refractivity contribution in [1.82, 2.24) is 20.4 Å². The van der Waals surface area contributed by atoms with Crippen LogP contribution >= 0.6 is 0 Å². The van der Waals surface area contributed by atoms with E-state index in [1.165, 1.54) is 6.33 Å². The molecule has 2 aromatic rings. The Labute approximate surface area is 127 Å². The van der Waals surface area contributed by atoms with Gasteiger partial charge >= 0.3 is 0 Å². The summed E-state index contributed by atoms with van der Waals surface area (Å²) in [5.74, 6) is 0.713. The van der Waals surface area contributed by atoms with Gasteiger partial charge in [-0.1, -0.05) is 6.07 Å². The Hall–Kier alpha value is -2.90. The average Bonchev–Trinajstić information content (AvgIpc) is 3.08. The van der Waals surface area contributed by atoms with Gasteiger partial charge in [0.2, 0.25) is 0 Å². The van der Waals surface area contributed by atoms with Crippen LogP contribution in [0.15, 0.2) is 30.7 Å². The van der Waals surface area contributed by atoms with Gasteiger partial charge < -0.3 is 10.6 Å². The van der Waals surface area contributed by atoms with Gasteiger partial charge in [0.15, 0.2) is 11.6 Å². The zero-order valence-electron chi connectivity index (χ0n) is 12.0. The first kappa shape index (κ1) is 14.1. The Morgan fingerprint density at radius 1 is 1.18 bits per heavy atom. The molecule has 8 heteroatoms. The van der Waals surface area contributed by atoms with Crippen LogP contribution in [-0.4, -0.2) is 33.9 Å². The molecule has 3 heterocycles. The van der Waals surface area contributed by atoms with E-state index in [1.807, 2.05) is 0 Å². The van der Waals surface area contributed by atoms with Crippen LogP contribution in [0.3, 0.4) is 0 Å². The fraction of sp³-hybridized carbons (Fsp3) is 0.286. The highest BCUT2D eigenvalue weighted by atomic mass is 16.2. The molecule has 1 fully saturated rings. The maximum absolute atomic E-state index is 11.9. The quantitative estimate of drug-likeness (QED) is 0.717. The molecule has 2 aromatic heterocycles. The number of aromatic nitrogens is 3. The van der Waals surface area contributed by atoms with E-state index in [2.05, 4.69) is 30.7 Å². The van der Waals surface area contributed by atoms with Crippen LogP contribution in [0.25, 0.3) is 0 Å². The molecule has 3 rings (SSSR count). The Morgan fingerprint density at radius 2 is 2.00 bits per heavy atom. The Kier molecular flexibility index (Phi) is 3.99. The number of pyridine rings is 1. The van der Waals surface area contributed by atoms with Crippen LogP contribution in [0.5, 0.6) is 0 Å². The molecule has 0 aliphatic carbocycles. The molecule has 0 bridgehead atoms. The fourth-order valence-electron chi connectivity index (χ4n) is 2.34. The lowest BCUT2D eigenvalue weighted by Gasteiger charge is -2.19. The van der Waals surface area contributed by atoms with Crippen molar-refractivity contribution in [3.05, 3.63) is 36.4 Å². The minimum absolute atomic E-state index is 0.308. The van der Waals surface area contributed by atoms with Gasteiger partial charge in [0.05, 0.1) is 0 Å². The van der Waals surface area contributed by atoms with Gasteiger partial charge in [-0.3, -0.25) is 20.6 Å². The molecule has 22 heavy (non-hydrogen) atoms. The lowest BCUT2D eigenvalue weighted by Crippen LogP contribution is -2.31. The largest absolute Gasteiger partial charge is 0.393 e. The Balaban J connectivity index is 1.70. The van der Waals surface area contributed by atoms with Crippen molar-refractivity contribution < 1.29 is 4.79 Å². The first-order valence-electron chi connectivity index (χ1n) is 7.08. The number of rotatable bonds is 4. The molecule has 4 N–H and O–H groups in total. The molecule has 0 radical (unpaired) electrons. The van der Waals surface area contributed by atoms with Gasteiger partial charge in [-0.05, 0) is 25.0 Å². The third-order valence-corrected chi connectivity index (χ3v) is 3.46. The summed E-state index contributed by atoms with van der Waals surface area (Å²) in [5.41, 5.74) is 12.1. The van der Waals surface area contributed by atoms with Crippen molar-refractivity contribution in [1.29, 1.82) is 0 Å².